The van der Waals surface area contributed by atoms with Crippen molar-refractivity contribution in [2.24, 2.45) is 5.92 Å². The lowest BCUT2D eigenvalue weighted by Gasteiger charge is -2.35. The van der Waals surface area contributed by atoms with Crippen LogP contribution in [-0.2, 0) is 11.2 Å². The van der Waals surface area contributed by atoms with Crippen LogP contribution in [-0.4, -0.2) is 23.7 Å². The summed E-state index contributed by atoms with van der Waals surface area (Å²) in [6, 6.07) is 8.97. The van der Waals surface area contributed by atoms with E-state index in [2.05, 4.69) is 29.2 Å². The molecule has 0 bridgehead atoms. The normalized spacial score (nSPS) is 26.5. The van der Waals surface area contributed by atoms with Crippen molar-refractivity contribution in [2.75, 3.05) is 11.4 Å². The molecule has 1 N–H and O–H groups in total. The minimum absolute atomic E-state index is 0.323. The molecule has 2 aliphatic rings. The van der Waals surface area contributed by atoms with Gasteiger partial charge in [-0.15, -0.1) is 0 Å². The van der Waals surface area contributed by atoms with Gasteiger partial charge in [0.1, 0.15) is 0 Å². The van der Waals surface area contributed by atoms with E-state index in [4.69, 9.17) is 5.11 Å². The number of carboxylic acids is 1. The van der Waals surface area contributed by atoms with Crippen LogP contribution in [0.4, 0.5) is 5.69 Å². The fraction of sp³-hybridized carbons (Fsp3) is 0.500. The van der Waals surface area contributed by atoms with Gasteiger partial charge in [0.05, 0.1) is 6.42 Å². The van der Waals surface area contributed by atoms with E-state index in [0.717, 1.165) is 25.8 Å². The van der Waals surface area contributed by atoms with E-state index in [-0.39, 0.29) is 0 Å². The van der Waals surface area contributed by atoms with Gasteiger partial charge in [-0.1, -0.05) is 18.2 Å². The molecule has 0 aliphatic carbocycles. The van der Waals surface area contributed by atoms with Crippen LogP contribution in [0.2, 0.25) is 0 Å². The lowest BCUT2D eigenvalue weighted by Crippen LogP contribution is -2.37. The Hall–Kier alpha value is -1.51. The second-order valence-electron chi connectivity index (χ2n) is 5.07. The number of fused-ring (bicyclic) bond motifs is 3. The highest BCUT2D eigenvalue weighted by Gasteiger charge is 2.38. The fourth-order valence-corrected chi connectivity index (χ4v) is 3.38. The largest absolute Gasteiger partial charge is 0.481 e. The lowest BCUT2D eigenvalue weighted by atomic mass is 9.88. The van der Waals surface area contributed by atoms with Crippen LogP contribution in [0.25, 0.3) is 0 Å². The van der Waals surface area contributed by atoms with Gasteiger partial charge in [-0.3, -0.25) is 4.79 Å². The highest BCUT2D eigenvalue weighted by molar-refractivity contribution is 5.68. The molecular weight excluding hydrogens is 214 g/mol. The van der Waals surface area contributed by atoms with Gasteiger partial charge < -0.3 is 10.0 Å². The van der Waals surface area contributed by atoms with Crippen molar-refractivity contribution in [3.8, 4) is 0 Å². The second kappa shape index (κ2) is 4.06. The van der Waals surface area contributed by atoms with E-state index in [1.165, 1.54) is 11.3 Å². The standard InChI is InChI=1S/C14H17NO2/c16-14(17)9-11-7-8-15-12-4-2-1-3-10(12)5-6-13(11)15/h1-4,11,13H,5-9H2,(H,16,17). The van der Waals surface area contributed by atoms with E-state index in [1.54, 1.807) is 0 Å². The Morgan fingerprint density at radius 1 is 1.35 bits per heavy atom. The molecule has 1 aromatic rings. The van der Waals surface area contributed by atoms with Crippen LogP contribution in [0.3, 0.4) is 0 Å². The van der Waals surface area contributed by atoms with E-state index >= 15 is 0 Å². The number of hydrogen-bond donors (Lipinski definition) is 1. The van der Waals surface area contributed by atoms with Crippen molar-refractivity contribution < 1.29 is 9.90 Å². The fourth-order valence-electron chi connectivity index (χ4n) is 3.38. The molecule has 17 heavy (non-hydrogen) atoms. The zero-order valence-corrected chi connectivity index (χ0v) is 9.80. The van der Waals surface area contributed by atoms with Crippen molar-refractivity contribution in [1.82, 2.24) is 0 Å². The molecule has 0 aromatic heterocycles. The Balaban J connectivity index is 1.85. The monoisotopic (exact) mass is 231 g/mol. The third kappa shape index (κ3) is 1.79. The molecule has 3 rings (SSSR count). The van der Waals surface area contributed by atoms with Crippen LogP contribution in [0, 0.1) is 5.92 Å². The minimum atomic E-state index is -0.657. The third-order valence-electron chi connectivity index (χ3n) is 4.13. The predicted octanol–water partition coefficient (Wildman–Crippen LogP) is 2.30. The van der Waals surface area contributed by atoms with Crippen molar-refractivity contribution >= 4 is 11.7 Å². The van der Waals surface area contributed by atoms with E-state index < -0.39 is 5.97 Å². The van der Waals surface area contributed by atoms with Crippen molar-refractivity contribution in [1.29, 1.82) is 0 Å². The van der Waals surface area contributed by atoms with Crippen LogP contribution >= 0.6 is 0 Å². The van der Waals surface area contributed by atoms with Crippen LogP contribution in [0.1, 0.15) is 24.8 Å². The molecular formula is C14H17NO2. The Morgan fingerprint density at radius 3 is 3.00 bits per heavy atom. The Kier molecular flexibility index (Phi) is 2.54. The maximum absolute atomic E-state index is 10.9. The number of rotatable bonds is 2. The minimum Gasteiger partial charge on any atom is -0.481 e. The number of nitrogens with zero attached hydrogens (tertiary/aromatic N) is 1. The lowest BCUT2D eigenvalue weighted by molar-refractivity contribution is -0.138. The summed E-state index contributed by atoms with van der Waals surface area (Å²) in [5, 5.41) is 8.94. The quantitative estimate of drug-likeness (QED) is 0.849. The number of aliphatic carboxylic acids is 1. The maximum Gasteiger partial charge on any atom is 0.303 e. The van der Waals surface area contributed by atoms with E-state index in [0.29, 0.717) is 18.4 Å². The van der Waals surface area contributed by atoms with Crippen molar-refractivity contribution in [3.05, 3.63) is 29.8 Å². The number of carboxylic acid groups (broad SMARTS) is 1. The zero-order valence-electron chi connectivity index (χ0n) is 9.80. The smallest absolute Gasteiger partial charge is 0.303 e. The Labute approximate surface area is 101 Å². The molecule has 2 atom stereocenters. The zero-order chi connectivity index (χ0) is 11.8. The van der Waals surface area contributed by atoms with Gasteiger partial charge in [0.2, 0.25) is 0 Å². The molecule has 1 saturated heterocycles. The number of hydrogen-bond acceptors (Lipinski definition) is 2. The van der Waals surface area contributed by atoms with Gasteiger partial charge >= 0.3 is 5.97 Å². The van der Waals surface area contributed by atoms with Gasteiger partial charge in [0.25, 0.3) is 0 Å². The first kappa shape index (κ1) is 10.6. The topological polar surface area (TPSA) is 40.5 Å². The Bertz CT molecular complexity index is 444. The van der Waals surface area contributed by atoms with E-state index in [1.807, 2.05) is 0 Å². The van der Waals surface area contributed by atoms with Gasteiger partial charge in [-0.25, -0.2) is 0 Å². The van der Waals surface area contributed by atoms with Crippen molar-refractivity contribution in [3.63, 3.8) is 0 Å². The van der Waals surface area contributed by atoms with Gasteiger partial charge in [0.15, 0.2) is 0 Å². The molecule has 0 amide bonds. The third-order valence-corrected chi connectivity index (χ3v) is 4.13. The number of benzene rings is 1. The van der Waals surface area contributed by atoms with E-state index in [9.17, 15) is 4.79 Å². The number of para-hydroxylation sites is 1. The summed E-state index contributed by atoms with van der Waals surface area (Å²) in [5.41, 5.74) is 2.75. The SMILES string of the molecule is O=C(O)CC1CCN2c3ccccc3CCC12. The van der Waals surface area contributed by atoms with Crippen LogP contribution in [0.5, 0.6) is 0 Å². The summed E-state index contributed by atoms with van der Waals surface area (Å²) >= 11 is 0. The summed E-state index contributed by atoms with van der Waals surface area (Å²) in [4.78, 5) is 13.3. The molecule has 3 nitrogen and oxygen atoms in total. The molecule has 0 radical (unpaired) electrons. The number of anilines is 1. The van der Waals surface area contributed by atoms with Gasteiger partial charge in [-0.2, -0.15) is 0 Å². The highest BCUT2D eigenvalue weighted by atomic mass is 16.4. The summed E-state index contributed by atoms with van der Waals surface area (Å²) in [6.07, 6.45) is 3.54. The molecule has 0 saturated carbocycles. The molecule has 2 heterocycles. The molecule has 3 heteroatoms. The van der Waals surface area contributed by atoms with Crippen molar-refractivity contribution in [2.45, 2.75) is 31.7 Å². The van der Waals surface area contributed by atoms with Gasteiger partial charge in [0, 0.05) is 18.3 Å². The predicted molar refractivity (Wildman–Crippen MR) is 66.3 cm³/mol. The average molecular weight is 231 g/mol. The van der Waals surface area contributed by atoms with Gasteiger partial charge in [-0.05, 0) is 36.8 Å². The summed E-state index contributed by atoms with van der Waals surface area (Å²) in [5.74, 6) is -0.323. The van der Waals surface area contributed by atoms with Crippen LogP contribution in [0.15, 0.2) is 24.3 Å². The molecule has 1 fully saturated rings. The first-order chi connectivity index (χ1) is 8.25. The molecule has 2 aliphatic heterocycles. The summed E-state index contributed by atoms with van der Waals surface area (Å²) < 4.78 is 0. The number of aryl methyl sites for hydroxylation is 1. The first-order valence-electron chi connectivity index (χ1n) is 6.32. The Morgan fingerprint density at radius 2 is 2.18 bits per heavy atom. The molecule has 90 valence electrons. The number of carbonyl (C=O) groups is 1. The molecule has 2 unspecified atom stereocenters. The highest BCUT2D eigenvalue weighted by Crippen LogP contribution is 2.39. The van der Waals surface area contributed by atoms with Crippen LogP contribution < -0.4 is 4.90 Å². The summed E-state index contributed by atoms with van der Waals surface area (Å²) in [6.45, 7) is 1.01. The second-order valence-corrected chi connectivity index (χ2v) is 5.07. The maximum atomic E-state index is 10.9. The first-order valence-corrected chi connectivity index (χ1v) is 6.32. The summed E-state index contributed by atoms with van der Waals surface area (Å²) in [7, 11) is 0. The average Bonchev–Trinajstić information content (AvgIpc) is 2.72. The molecule has 0 spiro atoms. The molecule has 1 aromatic carbocycles.